The van der Waals surface area contributed by atoms with Gasteiger partial charge in [0.05, 0.1) is 12.6 Å². The lowest BCUT2D eigenvalue weighted by Crippen LogP contribution is -2.56. The van der Waals surface area contributed by atoms with Crippen molar-refractivity contribution in [2.75, 3.05) is 24.6 Å². The molecular formula is C25H29ClF2N8O. The van der Waals surface area contributed by atoms with Gasteiger partial charge in [-0.05, 0) is 45.7 Å². The van der Waals surface area contributed by atoms with Gasteiger partial charge in [0.2, 0.25) is 0 Å². The van der Waals surface area contributed by atoms with Gasteiger partial charge in [-0.3, -0.25) is 4.90 Å². The molecule has 0 saturated carbocycles. The van der Waals surface area contributed by atoms with Crippen LogP contribution < -0.4 is 4.90 Å². The second-order valence-corrected chi connectivity index (χ2v) is 10.6. The van der Waals surface area contributed by atoms with Crippen LogP contribution in [0.25, 0.3) is 16.9 Å². The monoisotopic (exact) mass is 530 g/mol. The number of nitrogens with zero attached hydrogens (tertiary/aromatic N) is 8. The van der Waals surface area contributed by atoms with Gasteiger partial charge >= 0.3 is 0 Å². The van der Waals surface area contributed by atoms with Crippen LogP contribution in [0.3, 0.4) is 0 Å². The van der Waals surface area contributed by atoms with Crippen molar-refractivity contribution >= 4 is 34.4 Å². The van der Waals surface area contributed by atoms with Crippen LogP contribution in [0.15, 0.2) is 18.5 Å². The Kier molecular flexibility index (Phi) is 6.24. The Balaban J connectivity index is 1.34. The predicted molar refractivity (Wildman–Crippen MR) is 136 cm³/mol. The van der Waals surface area contributed by atoms with E-state index in [2.05, 4.69) is 38.4 Å². The highest BCUT2D eigenvalue weighted by Gasteiger charge is 2.34. The van der Waals surface area contributed by atoms with E-state index in [1.165, 1.54) is 0 Å². The lowest BCUT2D eigenvalue weighted by molar-refractivity contribution is 0.0972. The van der Waals surface area contributed by atoms with Gasteiger partial charge in [0.15, 0.2) is 11.5 Å². The van der Waals surface area contributed by atoms with Crippen LogP contribution in [-0.4, -0.2) is 71.9 Å². The first kappa shape index (κ1) is 24.4. The Morgan fingerprint density at radius 1 is 1.11 bits per heavy atom. The molecule has 2 aliphatic heterocycles. The zero-order chi connectivity index (χ0) is 25.8. The average Bonchev–Trinajstić information content (AvgIpc) is 3.59. The lowest BCUT2D eigenvalue weighted by Gasteiger charge is -2.44. The summed E-state index contributed by atoms with van der Waals surface area (Å²) in [5, 5.41) is 8.41. The van der Waals surface area contributed by atoms with Gasteiger partial charge in [-0.15, -0.1) is 10.2 Å². The molecule has 0 aliphatic carbocycles. The summed E-state index contributed by atoms with van der Waals surface area (Å²) in [5.41, 5.74) is 1.71. The molecule has 0 bridgehead atoms. The predicted octanol–water partition coefficient (Wildman–Crippen LogP) is 3.99. The zero-order valence-corrected chi connectivity index (χ0v) is 21.8. The molecule has 2 fully saturated rings. The first-order valence-corrected chi connectivity index (χ1v) is 13.0. The molecule has 4 aromatic rings. The molecule has 5 heterocycles. The van der Waals surface area contributed by atoms with E-state index in [9.17, 15) is 8.78 Å². The second kappa shape index (κ2) is 9.45. The van der Waals surface area contributed by atoms with Crippen molar-refractivity contribution in [3.8, 4) is 0 Å². The third kappa shape index (κ3) is 4.32. The highest BCUT2D eigenvalue weighted by atomic mass is 35.5. The minimum absolute atomic E-state index is 0.00620. The third-order valence-electron chi connectivity index (χ3n) is 7.57. The van der Waals surface area contributed by atoms with Gasteiger partial charge in [-0.25, -0.2) is 18.2 Å². The van der Waals surface area contributed by atoms with Gasteiger partial charge in [-0.1, -0.05) is 11.6 Å². The molecule has 2 saturated heterocycles. The molecule has 9 nitrogen and oxygen atoms in total. The Morgan fingerprint density at radius 3 is 2.62 bits per heavy atom. The fourth-order valence-electron chi connectivity index (χ4n) is 5.60. The van der Waals surface area contributed by atoms with E-state index in [0.29, 0.717) is 25.4 Å². The summed E-state index contributed by atoms with van der Waals surface area (Å²) >= 11 is 5.81. The molecule has 3 aromatic heterocycles. The number of fused-ring (bicyclic) bond motifs is 3. The molecular weight excluding hydrogens is 502 g/mol. The van der Waals surface area contributed by atoms with Gasteiger partial charge < -0.3 is 14.2 Å². The largest absolute Gasteiger partial charge is 0.376 e. The van der Waals surface area contributed by atoms with Crippen LogP contribution in [-0.2, 0) is 17.8 Å². The molecule has 12 heteroatoms. The van der Waals surface area contributed by atoms with Crippen molar-refractivity contribution in [1.29, 1.82) is 0 Å². The number of aromatic nitrogens is 6. The minimum Gasteiger partial charge on any atom is -0.376 e. The minimum atomic E-state index is -0.625. The molecule has 0 radical (unpaired) electrons. The molecule has 37 heavy (non-hydrogen) atoms. The molecule has 1 aromatic carbocycles. The van der Waals surface area contributed by atoms with E-state index in [1.54, 1.807) is 6.33 Å². The van der Waals surface area contributed by atoms with Crippen LogP contribution >= 0.6 is 11.6 Å². The Morgan fingerprint density at radius 2 is 1.89 bits per heavy atom. The summed E-state index contributed by atoms with van der Waals surface area (Å²) in [6.45, 7) is 9.00. The van der Waals surface area contributed by atoms with E-state index in [4.69, 9.17) is 26.3 Å². The summed E-state index contributed by atoms with van der Waals surface area (Å²) in [7, 11) is 0. The van der Waals surface area contributed by atoms with Crippen molar-refractivity contribution in [2.24, 2.45) is 0 Å². The number of ether oxygens (including phenoxy) is 1. The fraction of sp³-hybridized carbons (Fsp3) is 0.520. The SMILES string of the molecule is Cc1nc2c(N3C[C@@H](C)N(Cc4c(F)cc(Cl)cc4F)C[C@@H]3C)nc3nncn3c2n1C[C@@H]1CCCO1. The van der Waals surface area contributed by atoms with Gasteiger partial charge in [0.25, 0.3) is 5.78 Å². The van der Waals surface area contributed by atoms with Crippen LogP contribution in [0.2, 0.25) is 5.02 Å². The highest BCUT2D eigenvalue weighted by molar-refractivity contribution is 6.30. The molecule has 196 valence electrons. The van der Waals surface area contributed by atoms with E-state index >= 15 is 0 Å². The Hall–Kier alpha value is -2.89. The summed E-state index contributed by atoms with van der Waals surface area (Å²) in [5.74, 6) is 0.874. The maximum Gasteiger partial charge on any atom is 0.258 e. The highest BCUT2D eigenvalue weighted by Crippen LogP contribution is 2.32. The second-order valence-electron chi connectivity index (χ2n) is 10.1. The normalized spacial score (nSPS) is 23.1. The van der Waals surface area contributed by atoms with Gasteiger partial charge in [0.1, 0.15) is 29.3 Å². The molecule has 2 aliphatic rings. The molecule has 3 atom stereocenters. The number of imidazole rings is 1. The molecule has 0 spiro atoms. The van der Waals surface area contributed by atoms with Crippen molar-refractivity contribution in [3.05, 3.63) is 46.5 Å². The lowest BCUT2D eigenvalue weighted by atomic mass is 10.1. The Bertz CT molecular complexity index is 1440. The summed E-state index contributed by atoms with van der Waals surface area (Å²) in [6, 6.07) is 2.34. The number of aryl methyl sites for hydroxylation is 1. The first-order chi connectivity index (χ1) is 17.8. The molecule has 6 rings (SSSR count). The van der Waals surface area contributed by atoms with E-state index in [1.807, 2.05) is 11.3 Å². The number of hydrogen-bond acceptors (Lipinski definition) is 7. The maximum atomic E-state index is 14.5. The van der Waals surface area contributed by atoms with Gasteiger partial charge in [-0.2, -0.15) is 4.98 Å². The number of piperazine rings is 1. The van der Waals surface area contributed by atoms with E-state index in [0.717, 1.165) is 54.4 Å². The number of anilines is 1. The molecule has 0 unspecified atom stereocenters. The quantitative estimate of drug-likeness (QED) is 0.386. The standard InChI is InChI=1S/C25H29ClF2N8O/c1-14-10-34(15(2)9-33(14)12-19-20(27)7-17(26)8-21(19)28)23-22-24(36-13-29-32-25(36)31-23)35(16(3)30-22)11-18-5-4-6-37-18/h7-8,13-15,18H,4-6,9-12H2,1-3H3/t14-,15+,18+/m1/s1. The third-order valence-corrected chi connectivity index (χ3v) is 7.79. The van der Waals surface area contributed by atoms with E-state index in [-0.39, 0.29) is 35.3 Å². The summed E-state index contributed by atoms with van der Waals surface area (Å²) < 4.78 is 39.0. The number of halogens is 3. The van der Waals surface area contributed by atoms with Gasteiger partial charge in [0, 0.05) is 48.9 Å². The smallest absolute Gasteiger partial charge is 0.258 e. The van der Waals surface area contributed by atoms with Crippen LogP contribution in [0.5, 0.6) is 0 Å². The Labute approximate surface area is 218 Å². The topological polar surface area (TPSA) is 76.6 Å². The number of rotatable bonds is 5. The first-order valence-electron chi connectivity index (χ1n) is 12.6. The average molecular weight is 531 g/mol. The summed E-state index contributed by atoms with van der Waals surface area (Å²) in [4.78, 5) is 14.1. The van der Waals surface area contributed by atoms with Crippen molar-refractivity contribution in [3.63, 3.8) is 0 Å². The summed E-state index contributed by atoms with van der Waals surface area (Å²) in [6.07, 6.45) is 3.90. The van der Waals surface area contributed by atoms with Crippen LogP contribution in [0, 0.1) is 18.6 Å². The zero-order valence-electron chi connectivity index (χ0n) is 21.0. The number of benzene rings is 1. The van der Waals surface area contributed by atoms with Crippen molar-refractivity contribution in [2.45, 2.75) is 64.9 Å². The van der Waals surface area contributed by atoms with Crippen LogP contribution in [0.4, 0.5) is 14.6 Å². The van der Waals surface area contributed by atoms with Crippen molar-refractivity contribution in [1.82, 2.24) is 34.0 Å². The fourth-order valence-corrected chi connectivity index (χ4v) is 5.79. The molecule has 0 amide bonds. The maximum absolute atomic E-state index is 14.5. The van der Waals surface area contributed by atoms with Crippen LogP contribution in [0.1, 0.15) is 38.1 Å². The van der Waals surface area contributed by atoms with Crippen molar-refractivity contribution < 1.29 is 13.5 Å². The number of hydrogen-bond donors (Lipinski definition) is 0. The molecule has 0 N–H and O–H groups in total. The van der Waals surface area contributed by atoms with E-state index < -0.39 is 11.6 Å².